The lowest BCUT2D eigenvalue weighted by Crippen LogP contribution is -2.36. The maximum Gasteiger partial charge on any atom is 0.153 e. The minimum atomic E-state index is -0.197. The fraction of sp³-hybridized carbons (Fsp3) is 0.833. The smallest absolute Gasteiger partial charge is 0.153 e. The number of rotatable bonds is 8. The van der Waals surface area contributed by atoms with Crippen molar-refractivity contribution in [1.82, 2.24) is 4.72 Å². The number of carbonyl (C=O) groups is 2. The predicted molar refractivity (Wildman–Crippen MR) is 69.4 cm³/mol. The maximum atomic E-state index is 11.8. The van der Waals surface area contributed by atoms with Crippen LogP contribution >= 0.6 is 11.9 Å². The first-order valence-electron chi connectivity index (χ1n) is 5.75. The van der Waals surface area contributed by atoms with Gasteiger partial charge in [0.05, 0.1) is 6.04 Å². The second-order valence-electron chi connectivity index (χ2n) is 4.59. The van der Waals surface area contributed by atoms with E-state index >= 15 is 0 Å². The summed E-state index contributed by atoms with van der Waals surface area (Å²) < 4.78 is 3.07. The van der Waals surface area contributed by atoms with E-state index in [0.717, 1.165) is 0 Å². The first-order chi connectivity index (χ1) is 7.40. The average molecular weight is 245 g/mol. The molecule has 0 saturated carbocycles. The zero-order valence-corrected chi connectivity index (χ0v) is 11.7. The Bertz CT molecular complexity index is 239. The van der Waals surface area contributed by atoms with Crippen LogP contribution in [0.15, 0.2) is 0 Å². The topological polar surface area (TPSA) is 46.2 Å². The van der Waals surface area contributed by atoms with Crippen molar-refractivity contribution in [3.8, 4) is 0 Å². The highest BCUT2D eigenvalue weighted by Gasteiger charge is 2.21. The van der Waals surface area contributed by atoms with E-state index in [1.165, 1.54) is 11.9 Å². The van der Waals surface area contributed by atoms with Crippen LogP contribution in [0, 0.1) is 11.8 Å². The highest BCUT2D eigenvalue weighted by molar-refractivity contribution is 7.96. The highest BCUT2D eigenvalue weighted by atomic mass is 32.2. The molecule has 0 fully saturated rings. The second-order valence-corrected chi connectivity index (χ2v) is 5.24. The van der Waals surface area contributed by atoms with E-state index in [-0.39, 0.29) is 29.4 Å². The fourth-order valence-electron chi connectivity index (χ4n) is 1.38. The van der Waals surface area contributed by atoms with Gasteiger partial charge in [-0.15, -0.1) is 0 Å². The molecular formula is C12H23NO2S. The van der Waals surface area contributed by atoms with E-state index in [2.05, 4.69) is 4.72 Å². The SMILES string of the molecule is CSN[C@H](CCC(=O)C(C)C)C(=O)C(C)C. The van der Waals surface area contributed by atoms with Crippen LogP contribution in [0.1, 0.15) is 40.5 Å². The summed E-state index contributed by atoms with van der Waals surface area (Å²) in [4.78, 5) is 23.3. The number of hydrogen-bond acceptors (Lipinski definition) is 4. The van der Waals surface area contributed by atoms with Crippen LogP contribution in [0.4, 0.5) is 0 Å². The summed E-state index contributed by atoms with van der Waals surface area (Å²) in [7, 11) is 0. The van der Waals surface area contributed by atoms with Crippen molar-refractivity contribution in [2.75, 3.05) is 6.26 Å². The number of nitrogens with one attached hydrogen (secondary N) is 1. The maximum absolute atomic E-state index is 11.8. The molecule has 3 nitrogen and oxygen atoms in total. The minimum absolute atomic E-state index is 0.0128. The summed E-state index contributed by atoms with van der Waals surface area (Å²) in [5.41, 5.74) is 0. The molecule has 0 radical (unpaired) electrons. The van der Waals surface area contributed by atoms with Crippen molar-refractivity contribution in [3.05, 3.63) is 0 Å². The number of hydrogen-bond donors (Lipinski definition) is 1. The lowest BCUT2D eigenvalue weighted by atomic mass is 9.95. The van der Waals surface area contributed by atoms with E-state index in [0.29, 0.717) is 12.8 Å². The zero-order valence-electron chi connectivity index (χ0n) is 10.9. The zero-order chi connectivity index (χ0) is 12.7. The van der Waals surface area contributed by atoms with Gasteiger partial charge in [-0.3, -0.25) is 14.3 Å². The van der Waals surface area contributed by atoms with E-state index in [9.17, 15) is 9.59 Å². The summed E-state index contributed by atoms with van der Waals surface area (Å²) >= 11 is 1.43. The number of carbonyl (C=O) groups excluding carboxylic acids is 2. The largest absolute Gasteiger partial charge is 0.299 e. The molecule has 0 bridgehead atoms. The third-order valence-electron chi connectivity index (χ3n) is 2.50. The molecule has 0 saturated heterocycles. The Morgan fingerprint density at radius 2 is 1.69 bits per heavy atom. The summed E-state index contributed by atoms with van der Waals surface area (Å²) in [5.74, 6) is 0.484. The molecule has 0 heterocycles. The first kappa shape index (κ1) is 15.7. The molecule has 16 heavy (non-hydrogen) atoms. The van der Waals surface area contributed by atoms with Crippen LogP contribution in [0.25, 0.3) is 0 Å². The van der Waals surface area contributed by atoms with Crippen LogP contribution in [-0.4, -0.2) is 23.9 Å². The predicted octanol–water partition coefficient (Wildman–Crippen LogP) is 2.45. The van der Waals surface area contributed by atoms with Crippen molar-refractivity contribution in [2.24, 2.45) is 11.8 Å². The lowest BCUT2D eigenvalue weighted by molar-refractivity contribution is -0.124. The standard InChI is InChI=1S/C12H23NO2S/c1-8(2)11(14)7-6-10(13-16-5)12(15)9(3)4/h8-10,13H,6-7H2,1-5H3/t10-/m1/s1. The van der Waals surface area contributed by atoms with Gasteiger partial charge in [-0.25, -0.2) is 0 Å². The molecule has 0 aromatic carbocycles. The molecule has 0 aliphatic heterocycles. The van der Waals surface area contributed by atoms with Crippen LogP contribution in [-0.2, 0) is 9.59 Å². The summed E-state index contributed by atoms with van der Waals surface area (Å²) in [5, 5.41) is 0. The molecule has 0 aromatic rings. The molecule has 0 aromatic heterocycles. The van der Waals surface area contributed by atoms with Crippen molar-refractivity contribution in [1.29, 1.82) is 0 Å². The molecular weight excluding hydrogens is 222 g/mol. The van der Waals surface area contributed by atoms with Crippen molar-refractivity contribution in [2.45, 2.75) is 46.6 Å². The average Bonchev–Trinajstić information content (AvgIpc) is 2.22. The summed E-state index contributed by atoms with van der Waals surface area (Å²) in [6.45, 7) is 7.57. The Kier molecular flexibility index (Phi) is 7.68. The first-order valence-corrected chi connectivity index (χ1v) is 6.97. The van der Waals surface area contributed by atoms with Crippen LogP contribution in [0.3, 0.4) is 0 Å². The van der Waals surface area contributed by atoms with Gasteiger partial charge in [-0.1, -0.05) is 39.6 Å². The molecule has 0 spiro atoms. The van der Waals surface area contributed by atoms with Gasteiger partial charge in [0.15, 0.2) is 5.78 Å². The Balaban J connectivity index is 4.24. The minimum Gasteiger partial charge on any atom is -0.299 e. The Morgan fingerprint density at radius 3 is 2.06 bits per heavy atom. The van der Waals surface area contributed by atoms with Gasteiger partial charge < -0.3 is 0 Å². The summed E-state index contributed by atoms with van der Waals surface area (Å²) in [6, 6.07) is -0.197. The van der Waals surface area contributed by atoms with Crippen LogP contribution < -0.4 is 4.72 Å². The Morgan fingerprint density at radius 1 is 1.12 bits per heavy atom. The van der Waals surface area contributed by atoms with Gasteiger partial charge in [0.1, 0.15) is 5.78 Å². The Labute approximate surface area is 103 Å². The quantitative estimate of drug-likeness (QED) is 0.667. The van der Waals surface area contributed by atoms with E-state index in [4.69, 9.17) is 0 Å². The van der Waals surface area contributed by atoms with Gasteiger partial charge in [0.2, 0.25) is 0 Å². The van der Waals surface area contributed by atoms with Crippen LogP contribution in [0.5, 0.6) is 0 Å². The Hall–Kier alpha value is -0.350. The number of Topliss-reactive ketones (excluding diaryl/α,β-unsaturated/α-hetero) is 2. The molecule has 4 heteroatoms. The van der Waals surface area contributed by atoms with Gasteiger partial charge in [-0.05, 0) is 12.7 Å². The monoisotopic (exact) mass is 245 g/mol. The molecule has 94 valence electrons. The van der Waals surface area contributed by atoms with Gasteiger partial charge >= 0.3 is 0 Å². The molecule has 1 N–H and O–H groups in total. The third kappa shape index (κ3) is 5.66. The molecule has 1 atom stereocenters. The lowest BCUT2D eigenvalue weighted by Gasteiger charge is -2.18. The van der Waals surface area contributed by atoms with E-state index < -0.39 is 0 Å². The molecule has 0 aliphatic carbocycles. The van der Waals surface area contributed by atoms with Crippen molar-refractivity contribution >= 4 is 23.5 Å². The fourth-order valence-corrected chi connectivity index (χ4v) is 1.90. The van der Waals surface area contributed by atoms with Gasteiger partial charge in [-0.2, -0.15) is 0 Å². The van der Waals surface area contributed by atoms with Crippen molar-refractivity contribution < 1.29 is 9.59 Å². The normalized spacial score (nSPS) is 13.2. The molecule has 0 unspecified atom stereocenters. The number of ketones is 2. The molecule has 0 rings (SSSR count). The van der Waals surface area contributed by atoms with Gasteiger partial charge in [0.25, 0.3) is 0 Å². The summed E-state index contributed by atoms with van der Waals surface area (Å²) in [6.07, 6.45) is 2.98. The van der Waals surface area contributed by atoms with Crippen molar-refractivity contribution in [3.63, 3.8) is 0 Å². The van der Waals surface area contributed by atoms with E-state index in [1.54, 1.807) is 0 Å². The van der Waals surface area contributed by atoms with Gasteiger partial charge in [0, 0.05) is 18.3 Å². The second kappa shape index (κ2) is 7.85. The highest BCUT2D eigenvalue weighted by Crippen LogP contribution is 2.11. The molecule has 0 aliphatic rings. The molecule has 0 amide bonds. The third-order valence-corrected chi connectivity index (χ3v) is 3.02. The van der Waals surface area contributed by atoms with Crippen LogP contribution in [0.2, 0.25) is 0 Å². The van der Waals surface area contributed by atoms with E-state index in [1.807, 2.05) is 34.0 Å².